The average Bonchev–Trinajstić information content (AvgIpc) is 2.87. The second-order valence-electron chi connectivity index (χ2n) is 7.12. The smallest absolute Gasteiger partial charge is 0.393 e. The molecular weight excluding hydrogens is 367 g/mol. The first-order valence-corrected chi connectivity index (χ1v) is 9.56. The molecule has 1 aromatic carbocycles. The highest BCUT2D eigenvalue weighted by Crippen LogP contribution is 2.24. The van der Waals surface area contributed by atoms with Crippen LogP contribution in [0.25, 0.3) is 34.5 Å². The van der Waals surface area contributed by atoms with E-state index in [4.69, 9.17) is 4.42 Å². The molecule has 2 aromatic heterocycles. The van der Waals surface area contributed by atoms with Gasteiger partial charge in [0.05, 0.1) is 11.9 Å². The number of benzene rings is 1. The van der Waals surface area contributed by atoms with Gasteiger partial charge in [-0.1, -0.05) is 38.8 Å². The number of hydrogen-bond acceptors (Lipinski definition) is 2. The first kappa shape index (κ1) is 20.2. The molecule has 0 unspecified atom stereocenters. The van der Waals surface area contributed by atoms with Crippen molar-refractivity contribution in [3.8, 4) is 0 Å². The minimum absolute atomic E-state index is 0.290. The second-order valence-corrected chi connectivity index (χ2v) is 7.12. The van der Waals surface area contributed by atoms with Crippen molar-refractivity contribution in [3.05, 3.63) is 44.8 Å². The molecule has 0 spiro atoms. The Hall–Kier alpha value is -2.50. The van der Waals surface area contributed by atoms with Gasteiger partial charge in [-0.3, -0.25) is 0 Å². The Morgan fingerprint density at radius 3 is 2.57 bits per heavy atom. The molecule has 0 atom stereocenters. The maximum Gasteiger partial charge on any atom is 0.393 e. The van der Waals surface area contributed by atoms with Crippen LogP contribution in [0.15, 0.2) is 27.4 Å². The van der Waals surface area contributed by atoms with E-state index in [1.807, 2.05) is 13.0 Å². The van der Waals surface area contributed by atoms with Crippen molar-refractivity contribution in [2.75, 3.05) is 0 Å². The van der Waals surface area contributed by atoms with Gasteiger partial charge in [-0.05, 0) is 25.5 Å². The molecule has 0 aliphatic rings. The molecule has 150 valence electrons. The highest BCUT2D eigenvalue weighted by atomic mass is 19.4. The van der Waals surface area contributed by atoms with Crippen LogP contribution in [0, 0.1) is 0 Å². The largest absolute Gasteiger partial charge is 0.422 e. The van der Waals surface area contributed by atoms with Gasteiger partial charge in [-0.2, -0.15) is 13.2 Å². The minimum Gasteiger partial charge on any atom is -0.422 e. The van der Waals surface area contributed by atoms with Crippen LogP contribution in [0.4, 0.5) is 13.2 Å². The van der Waals surface area contributed by atoms with Crippen LogP contribution in [-0.2, 0) is 13.0 Å². The number of aromatic nitrogens is 1. The summed E-state index contributed by atoms with van der Waals surface area (Å²) in [7, 11) is 0. The Morgan fingerprint density at radius 2 is 1.93 bits per heavy atom. The van der Waals surface area contributed by atoms with Crippen LogP contribution in [0.1, 0.15) is 45.1 Å². The van der Waals surface area contributed by atoms with E-state index in [1.54, 1.807) is 12.1 Å². The Morgan fingerprint density at radius 1 is 1.18 bits per heavy atom. The van der Waals surface area contributed by atoms with Crippen LogP contribution in [0.2, 0.25) is 0 Å². The molecule has 3 rings (SSSR count). The van der Waals surface area contributed by atoms with Gasteiger partial charge in [0.2, 0.25) is 0 Å². The van der Waals surface area contributed by atoms with Crippen LogP contribution in [-0.4, -0.2) is 10.7 Å². The van der Waals surface area contributed by atoms with Gasteiger partial charge in [0.15, 0.2) is 0 Å². The summed E-state index contributed by atoms with van der Waals surface area (Å²) in [5.41, 5.74) is -0.148. The zero-order valence-corrected chi connectivity index (χ0v) is 16.2. The normalized spacial score (nSPS) is 13.1. The molecule has 2 heterocycles. The SMILES string of the molecule is C=c1/c(=C\C)c2cc3cc(CC(F)(F)F)c(=O)oc3cc2n1CCCCCC. The van der Waals surface area contributed by atoms with E-state index in [1.165, 1.54) is 6.07 Å². The van der Waals surface area contributed by atoms with Gasteiger partial charge in [-0.25, -0.2) is 4.79 Å². The van der Waals surface area contributed by atoms with Gasteiger partial charge in [0.1, 0.15) is 5.58 Å². The summed E-state index contributed by atoms with van der Waals surface area (Å²) in [5, 5.41) is 3.21. The number of aryl methyl sites for hydroxylation is 1. The average molecular weight is 391 g/mol. The highest BCUT2D eigenvalue weighted by Gasteiger charge is 2.29. The molecule has 0 fully saturated rings. The lowest BCUT2D eigenvalue weighted by atomic mass is 10.1. The fourth-order valence-corrected chi connectivity index (χ4v) is 3.70. The summed E-state index contributed by atoms with van der Waals surface area (Å²) in [6.07, 6.45) is 0.632. The fraction of sp³-hybridized carbons (Fsp3) is 0.409. The molecule has 0 aliphatic heterocycles. The third-order valence-electron chi connectivity index (χ3n) is 5.06. The van der Waals surface area contributed by atoms with E-state index < -0.39 is 18.2 Å². The van der Waals surface area contributed by atoms with E-state index in [-0.39, 0.29) is 5.56 Å². The Balaban J connectivity index is 2.17. The fourth-order valence-electron chi connectivity index (χ4n) is 3.70. The van der Waals surface area contributed by atoms with Crippen molar-refractivity contribution in [1.29, 1.82) is 0 Å². The van der Waals surface area contributed by atoms with E-state index >= 15 is 0 Å². The highest BCUT2D eigenvalue weighted by molar-refractivity contribution is 5.95. The number of nitrogens with zero attached hydrogens (tertiary/aromatic N) is 1. The predicted molar refractivity (Wildman–Crippen MR) is 107 cm³/mol. The monoisotopic (exact) mass is 391 g/mol. The minimum atomic E-state index is -4.46. The molecule has 0 N–H and O–H groups in total. The van der Waals surface area contributed by atoms with Gasteiger partial charge in [-0.15, -0.1) is 0 Å². The molecule has 6 heteroatoms. The second kappa shape index (κ2) is 7.86. The van der Waals surface area contributed by atoms with Gasteiger partial charge in [0.25, 0.3) is 0 Å². The van der Waals surface area contributed by atoms with Gasteiger partial charge in [0, 0.05) is 39.5 Å². The van der Waals surface area contributed by atoms with Crippen molar-refractivity contribution >= 4 is 34.5 Å². The number of rotatable bonds is 6. The van der Waals surface area contributed by atoms with E-state index in [9.17, 15) is 18.0 Å². The van der Waals surface area contributed by atoms with E-state index in [2.05, 4.69) is 18.1 Å². The lowest BCUT2D eigenvalue weighted by Gasteiger charge is -2.08. The molecule has 3 nitrogen and oxygen atoms in total. The molecular formula is C22H24F3NO2. The summed E-state index contributed by atoms with van der Waals surface area (Å²) < 4.78 is 45.5. The van der Waals surface area contributed by atoms with Crippen molar-refractivity contribution in [2.24, 2.45) is 0 Å². The molecule has 0 radical (unpaired) electrons. The third-order valence-corrected chi connectivity index (χ3v) is 5.06. The van der Waals surface area contributed by atoms with Crippen molar-refractivity contribution in [1.82, 2.24) is 4.57 Å². The molecule has 0 saturated carbocycles. The topological polar surface area (TPSA) is 35.1 Å². The summed E-state index contributed by atoms with van der Waals surface area (Å²) >= 11 is 0. The third kappa shape index (κ3) is 4.01. The Bertz CT molecular complexity index is 1170. The van der Waals surface area contributed by atoms with Gasteiger partial charge >= 0.3 is 11.8 Å². The number of halogens is 3. The maximum absolute atomic E-state index is 12.7. The van der Waals surface area contributed by atoms with Crippen molar-refractivity contribution < 1.29 is 17.6 Å². The van der Waals surface area contributed by atoms with E-state index in [0.717, 1.165) is 53.7 Å². The van der Waals surface area contributed by atoms with Crippen molar-refractivity contribution in [2.45, 2.75) is 58.7 Å². The van der Waals surface area contributed by atoms with Crippen LogP contribution >= 0.6 is 0 Å². The zero-order chi connectivity index (χ0) is 20.5. The number of alkyl halides is 3. The van der Waals surface area contributed by atoms with Crippen LogP contribution < -0.4 is 16.2 Å². The van der Waals surface area contributed by atoms with Crippen LogP contribution in [0.3, 0.4) is 0 Å². The Labute approximate surface area is 160 Å². The molecule has 0 aliphatic carbocycles. The molecule has 28 heavy (non-hydrogen) atoms. The molecule has 0 bridgehead atoms. The standard InChI is InChI=1S/C22H24F3NO2/c1-4-6-7-8-9-26-14(3)17(5-2)18-11-15-10-16(13-22(23,24)25)21(27)28-20(15)12-19(18)26/h5,10-12H,3-4,6-9,13H2,1-2H3/b17-5+. The van der Waals surface area contributed by atoms with Crippen LogP contribution in [0.5, 0.6) is 0 Å². The zero-order valence-electron chi connectivity index (χ0n) is 16.2. The predicted octanol–water partition coefficient (Wildman–Crippen LogP) is 4.64. The quantitative estimate of drug-likeness (QED) is 0.453. The van der Waals surface area contributed by atoms with Crippen molar-refractivity contribution in [3.63, 3.8) is 0 Å². The van der Waals surface area contributed by atoms with E-state index in [0.29, 0.717) is 11.0 Å². The molecule has 0 amide bonds. The van der Waals surface area contributed by atoms with Gasteiger partial charge < -0.3 is 8.98 Å². The number of unbranched alkanes of at least 4 members (excludes halogenated alkanes) is 3. The first-order chi connectivity index (χ1) is 13.2. The summed E-state index contributed by atoms with van der Waals surface area (Å²) in [5.74, 6) is 0. The number of hydrogen-bond donors (Lipinski definition) is 0. The first-order valence-electron chi connectivity index (χ1n) is 9.56. The summed E-state index contributed by atoms with van der Waals surface area (Å²) in [4.78, 5) is 12.0. The lowest BCUT2D eigenvalue weighted by molar-refractivity contribution is -0.127. The maximum atomic E-state index is 12.7. The molecule has 3 aromatic rings. The molecule has 0 saturated heterocycles. The summed E-state index contributed by atoms with van der Waals surface area (Å²) in [6, 6.07) is 4.82. The summed E-state index contributed by atoms with van der Waals surface area (Å²) in [6.45, 7) is 9.06. The lowest BCUT2D eigenvalue weighted by Crippen LogP contribution is -2.27. The number of fused-ring (bicyclic) bond motifs is 2. The Kier molecular flexibility index (Phi) is 5.68.